The van der Waals surface area contributed by atoms with Gasteiger partial charge < -0.3 is 9.88 Å². The van der Waals surface area contributed by atoms with Crippen molar-refractivity contribution in [3.63, 3.8) is 0 Å². The SMILES string of the molecule is Cn1cc(C(Nc2ccccn2)c2ccc(Cl)cc2)c2ccccc21. The lowest BCUT2D eigenvalue weighted by molar-refractivity contribution is 0.903. The standard InChI is InChI=1S/C21H18ClN3/c1-25-14-18(17-6-2-3-7-19(17)25)21(15-9-11-16(22)12-10-15)24-20-8-4-5-13-23-20/h2-14,21H,1H3,(H,23,24). The van der Waals surface area contributed by atoms with Gasteiger partial charge in [-0.3, -0.25) is 0 Å². The van der Waals surface area contributed by atoms with Crippen LogP contribution in [0, 0.1) is 0 Å². The van der Waals surface area contributed by atoms with E-state index in [9.17, 15) is 0 Å². The minimum absolute atomic E-state index is 0.0155. The number of rotatable bonds is 4. The van der Waals surface area contributed by atoms with Gasteiger partial charge in [0.1, 0.15) is 5.82 Å². The lowest BCUT2D eigenvalue weighted by Gasteiger charge is -2.20. The summed E-state index contributed by atoms with van der Waals surface area (Å²) >= 11 is 6.08. The molecule has 3 nitrogen and oxygen atoms in total. The minimum Gasteiger partial charge on any atom is -0.359 e. The van der Waals surface area contributed by atoms with E-state index in [-0.39, 0.29) is 6.04 Å². The average Bonchev–Trinajstić information content (AvgIpc) is 2.98. The molecule has 0 aliphatic rings. The van der Waals surface area contributed by atoms with Crippen LogP contribution in [0.25, 0.3) is 10.9 Å². The van der Waals surface area contributed by atoms with E-state index in [0.717, 1.165) is 16.4 Å². The zero-order chi connectivity index (χ0) is 17.2. The number of para-hydroxylation sites is 1. The molecule has 4 heteroatoms. The highest BCUT2D eigenvalue weighted by atomic mass is 35.5. The van der Waals surface area contributed by atoms with Gasteiger partial charge in [0.15, 0.2) is 0 Å². The highest BCUT2D eigenvalue weighted by Crippen LogP contribution is 2.33. The van der Waals surface area contributed by atoms with Crippen LogP contribution in [-0.4, -0.2) is 9.55 Å². The first-order chi connectivity index (χ1) is 12.2. The molecule has 4 aromatic rings. The van der Waals surface area contributed by atoms with E-state index in [1.807, 2.05) is 30.3 Å². The maximum atomic E-state index is 6.08. The Hall–Kier alpha value is -2.78. The molecular formula is C21H18ClN3. The summed E-state index contributed by atoms with van der Waals surface area (Å²) in [5.41, 5.74) is 3.57. The number of aromatic nitrogens is 2. The third-order valence-electron chi connectivity index (χ3n) is 4.40. The zero-order valence-corrected chi connectivity index (χ0v) is 14.6. The van der Waals surface area contributed by atoms with Crippen molar-refractivity contribution in [2.24, 2.45) is 7.05 Å². The number of nitrogens with zero attached hydrogens (tertiary/aromatic N) is 2. The summed E-state index contributed by atoms with van der Waals surface area (Å²) in [5.74, 6) is 0.843. The van der Waals surface area contributed by atoms with Crippen LogP contribution in [-0.2, 0) is 7.05 Å². The van der Waals surface area contributed by atoms with Gasteiger partial charge in [0.05, 0.1) is 6.04 Å². The number of pyridine rings is 1. The molecule has 0 aliphatic heterocycles. The van der Waals surface area contributed by atoms with Gasteiger partial charge in [0, 0.05) is 40.9 Å². The van der Waals surface area contributed by atoms with Crippen LogP contribution in [0.5, 0.6) is 0 Å². The molecule has 4 rings (SSSR count). The van der Waals surface area contributed by atoms with Gasteiger partial charge in [-0.05, 0) is 35.9 Å². The topological polar surface area (TPSA) is 29.9 Å². The Kier molecular flexibility index (Phi) is 4.16. The Bertz CT molecular complexity index is 991. The number of halogens is 1. The summed E-state index contributed by atoms with van der Waals surface area (Å²) in [4.78, 5) is 4.43. The predicted molar refractivity (Wildman–Crippen MR) is 104 cm³/mol. The zero-order valence-electron chi connectivity index (χ0n) is 13.9. The van der Waals surface area contributed by atoms with Crippen molar-refractivity contribution in [3.05, 3.63) is 95.3 Å². The molecule has 1 atom stereocenters. The Balaban J connectivity index is 1.85. The third-order valence-corrected chi connectivity index (χ3v) is 4.65. The normalized spacial score (nSPS) is 12.2. The molecule has 2 aromatic carbocycles. The first kappa shape index (κ1) is 15.7. The van der Waals surface area contributed by atoms with Crippen molar-refractivity contribution < 1.29 is 0 Å². The van der Waals surface area contributed by atoms with Gasteiger partial charge in [-0.1, -0.05) is 48.0 Å². The van der Waals surface area contributed by atoms with Crippen LogP contribution in [0.3, 0.4) is 0 Å². The molecule has 1 unspecified atom stereocenters. The fourth-order valence-corrected chi connectivity index (χ4v) is 3.32. The molecule has 0 spiro atoms. The van der Waals surface area contributed by atoms with Gasteiger partial charge >= 0.3 is 0 Å². The molecule has 0 radical (unpaired) electrons. The van der Waals surface area contributed by atoms with E-state index in [0.29, 0.717) is 0 Å². The Labute approximate surface area is 151 Å². The van der Waals surface area contributed by atoms with E-state index in [1.54, 1.807) is 6.20 Å². The number of nitrogens with one attached hydrogen (secondary N) is 1. The van der Waals surface area contributed by atoms with Gasteiger partial charge in [0.2, 0.25) is 0 Å². The van der Waals surface area contributed by atoms with Gasteiger partial charge in [-0.15, -0.1) is 0 Å². The minimum atomic E-state index is -0.0155. The maximum Gasteiger partial charge on any atom is 0.126 e. The lowest BCUT2D eigenvalue weighted by Crippen LogP contribution is -2.13. The van der Waals surface area contributed by atoms with E-state index >= 15 is 0 Å². The maximum absolute atomic E-state index is 6.08. The van der Waals surface area contributed by atoms with Crippen molar-refractivity contribution in [1.29, 1.82) is 0 Å². The van der Waals surface area contributed by atoms with Crippen molar-refractivity contribution in [1.82, 2.24) is 9.55 Å². The molecule has 0 fully saturated rings. The van der Waals surface area contributed by atoms with Crippen molar-refractivity contribution in [2.75, 3.05) is 5.32 Å². The average molecular weight is 348 g/mol. The molecule has 124 valence electrons. The Morgan fingerprint density at radius 3 is 2.48 bits per heavy atom. The number of aryl methyl sites for hydroxylation is 1. The lowest BCUT2D eigenvalue weighted by atomic mass is 9.98. The summed E-state index contributed by atoms with van der Waals surface area (Å²) in [6, 6.07) is 22.3. The first-order valence-electron chi connectivity index (χ1n) is 8.19. The fraction of sp³-hybridized carbons (Fsp3) is 0.0952. The van der Waals surface area contributed by atoms with E-state index in [4.69, 9.17) is 11.6 Å². The van der Waals surface area contributed by atoms with Gasteiger partial charge in [-0.2, -0.15) is 0 Å². The summed E-state index contributed by atoms with van der Waals surface area (Å²) in [7, 11) is 2.07. The van der Waals surface area contributed by atoms with Crippen LogP contribution in [0.15, 0.2) is 79.1 Å². The highest BCUT2D eigenvalue weighted by Gasteiger charge is 2.19. The van der Waals surface area contributed by atoms with Crippen LogP contribution < -0.4 is 5.32 Å². The molecule has 0 saturated carbocycles. The first-order valence-corrected chi connectivity index (χ1v) is 8.57. The van der Waals surface area contributed by atoms with Crippen LogP contribution >= 0.6 is 11.6 Å². The van der Waals surface area contributed by atoms with Crippen molar-refractivity contribution >= 4 is 28.3 Å². The Morgan fingerprint density at radius 2 is 1.72 bits per heavy atom. The summed E-state index contributed by atoms with van der Waals surface area (Å²) in [5, 5.41) is 5.53. The second-order valence-corrected chi connectivity index (χ2v) is 6.49. The molecule has 0 aliphatic carbocycles. The third kappa shape index (κ3) is 3.11. The Morgan fingerprint density at radius 1 is 0.960 bits per heavy atom. The molecule has 0 saturated heterocycles. The van der Waals surface area contributed by atoms with Gasteiger partial charge in [0.25, 0.3) is 0 Å². The van der Waals surface area contributed by atoms with E-state index < -0.39 is 0 Å². The second kappa shape index (κ2) is 6.61. The molecule has 2 heterocycles. The van der Waals surface area contributed by atoms with Crippen molar-refractivity contribution in [3.8, 4) is 0 Å². The van der Waals surface area contributed by atoms with E-state index in [1.165, 1.54) is 16.5 Å². The number of fused-ring (bicyclic) bond motifs is 1. The van der Waals surface area contributed by atoms with Crippen LogP contribution in [0.4, 0.5) is 5.82 Å². The monoisotopic (exact) mass is 347 g/mol. The smallest absolute Gasteiger partial charge is 0.126 e. The summed E-state index contributed by atoms with van der Waals surface area (Å²) in [6.07, 6.45) is 3.98. The number of anilines is 1. The number of hydrogen-bond donors (Lipinski definition) is 1. The molecule has 2 aromatic heterocycles. The molecule has 0 bridgehead atoms. The van der Waals surface area contributed by atoms with Crippen molar-refractivity contribution in [2.45, 2.75) is 6.04 Å². The largest absolute Gasteiger partial charge is 0.359 e. The molecule has 1 N–H and O–H groups in total. The number of benzene rings is 2. The van der Waals surface area contributed by atoms with Crippen LogP contribution in [0.1, 0.15) is 17.2 Å². The van der Waals surface area contributed by atoms with E-state index in [2.05, 4.69) is 64.5 Å². The predicted octanol–water partition coefficient (Wildman–Crippen LogP) is 5.43. The second-order valence-electron chi connectivity index (χ2n) is 6.06. The highest BCUT2D eigenvalue weighted by molar-refractivity contribution is 6.30. The quantitative estimate of drug-likeness (QED) is 0.533. The number of hydrogen-bond acceptors (Lipinski definition) is 2. The fourth-order valence-electron chi connectivity index (χ4n) is 3.19. The summed E-state index contributed by atoms with van der Waals surface area (Å²) < 4.78 is 2.16. The van der Waals surface area contributed by atoms with Crippen LogP contribution in [0.2, 0.25) is 5.02 Å². The molecule has 25 heavy (non-hydrogen) atoms. The summed E-state index contributed by atoms with van der Waals surface area (Å²) in [6.45, 7) is 0. The molecular weight excluding hydrogens is 330 g/mol. The molecule has 0 amide bonds. The van der Waals surface area contributed by atoms with Gasteiger partial charge in [-0.25, -0.2) is 4.98 Å².